The van der Waals surface area contributed by atoms with Crippen molar-refractivity contribution in [3.05, 3.63) is 18.2 Å². The van der Waals surface area contributed by atoms with Crippen LogP contribution in [-0.4, -0.2) is 73.8 Å². The van der Waals surface area contributed by atoms with Gasteiger partial charge in [-0.3, -0.25) is 14.5 Å². The lowest BCUT2D eigenvalue weighted by Gasteiger charge is -2.37. The highest BCUT2D eigenvalue weighted by molar-refractivity contribution is 7.89. The van der Waals surface area contributed by atoms with Crippen molar-refractivity contribution in [2.45, 2.75) is 56.0 Å². The number of rotatable bonds is 5. The summed E-state index contributed by atoms with van der Waals surface area (Å²) in [6, 6.07) is 4.00. The fraction of sp³-hybridized carbons (Fsp3) is 0.571. The number of imide groups is 1. The van der Waals surface area contributed by atoms with Gasteiger partial charge in [0.05, 0.1) is 7.11 Å². The molecule has 174 valence electrons. The Kier molecular flexibility index (Phi) is 5.66. The zero-order valence-electron chi connectivity index (χ0n) is 18.5. The van der Waals surface area contributed by atoms with Gasteiger partial charge in [0.1, 0.15) is 16.2 Å². The first-order valence-corrected chi connectivity index (χ1v) is 12.2. The van der Waals surface area contributed by atoms with Crippen molar-refractivity contribution in [3.63, 3.8) is 0 Å². The molecule has 0 bridgehead atoms. The van der Waals surface area contributed by atoms with Crippen LogP contribution in [-0.2, 0) is 19.6 Å². The summed E-state index contributed by atoms with van der Waals surface area (Å²) in [7, 11) is -2.55. The highest BCUT2D eigenvalue weighted by atomic mass is 32.2. The summed E-state index contributed by atoms with van der Waals surface area (Å²) >= 11 is 0. The zero-order valence-corrected chi connectivity index (χ0v) is 19.3. The second kappa shape index (κ2) is 8.04. The number of urea groups is 1. The summed E-state index contributed by atoms with van der Waals surface area (Å²) in [4.78, 5) is 40.1. The van der Waals surface area contributed by atoms with Crippen LogP contribution in [0, 0.1) is 0 Å². The van der Waals surface area contributed by atoms with Gasteiger partial charge in [-0.05, 0) is 51.3 Å². The maximum Gasteiger partial charge on any atom is 0.325 e. The average Bonchev–Trinajstić information content (AvgIpc) is 3.28. The Labute approximate surface area is 187 Å². The molecule has 0 aliphatic carbocycles. The van der Waals surface area contributed by atoms with E-state index in [1.54, 1.807) is 30.9 Å². The average molecular weight is 465 g/mol. The Bertz CT molecular complexity index is 1060. The number of methoxy groups -OCH3 is 1. The summed E-state index contributed by atoms with van der Waals surface area (Å²) in [6.45, 7) is 4.23. The van der Waals surface area contributed by atoms with Gasteiger partial charge < -0.3 is 15.0 Å². The molecule has 11 heteroatoms. The van der Waals surface area contributed by atoms with E-state index < -0.39 is 21.6 Å². The van der Waals surface area contributed by atoms with Crippen LogP contribution in [0.5, 0.6) is 5.75 Å². The lowest BCUT2D eigenvalue weighted by atomic mass is 9.88. The molecule has 3 heterocycles. The Balaban J connectivity index is 1.58. The number of carbonyl (C=O) groups is 3. The van der Waals surface area contributed by atoms with Gasteiger partial charge in [0.15, 0.2) is 0 Å². The van der Waals surface area contributed by atoms with Crippen molar-refractivity contribution in [3.8, 4) is 5.75 Å². The molecule has 3 aliphatic rings. The van der Waals surface area contributed by atoms with Crippen LogP contribution in [0.4, 0.5) is 10.5 Å². The van der Waals surface area contributed by atoms with E-state index in [1.807, 2.05) is 0 Å². The van der Waals surface area contributed by atoms with Crippen molar-refractivity contribution < 1.29 is 27.5 Å². The van der Waals surface area contributed by atoms with Gasteiger partial charge in [-0.1, -0.05) is 0 Å². The quantitative estimate of drug-likeness (QED) is 0.657. The highest BCUT2D eigenvalue weighted by Crippen LogP contribution is 2.36. The first kappa shape index (κ1) is 22.5. The number of amides is 4. The molecule has 1 spiro atoms. The van der Waals surface area contributed by atoms with E-state index in [0.717, 1.165) is 6.42 Å². The van der Waals surface area contributed by atoms with Gasteiger partial charge in [0.25, 0.3) is 5.91 Å². The van der Waals surface area contributed by atoms with Crippen LogP contribution in [0.25, 0.3) is 0 Å². The third kappa shape index (κ3) is 3.53. The number of carbonyl (C=O) groups excluding carboxylic acids is 3. The molecule has 10 nitrogen and oxygen atoms in total. The number of benzene rings is 1. The third-order valence-electron chi connectivity index (χ3n) is 6.44. The van der Waals surface area contributed by atoms with E-state index in [9.17, 15) is 22.8 Å². The van der Waals surface area contributed by atoms with Gasteiger partial charge in [-0.15, -0.1) is 0 Å². The van der Waals surface area contributed by atoms with Crippen LogP contribution in [0.2, 0.25) is 0 Å². The number of ether oxygens (including phenoxy) is 1. The standard InChI is InChI=1S/C21H28N4O6S/c1-14(2)25-19(27)21(22-20(25)28)8-11-23(12-9-21)32(29,30)17-13-15(6-7-16(17)31-3)24-10-4-5-18(24)26/h6-7,13-14H,4-5,8-12H2,1-3H3,(H,22,28). The van der Waals surface area contributed by atoms with E-state index in [4.69, 9.17) is 4.74 Å². The molecule has 1 aromatic carbocycles. The summed E-state index contributed by atoms with van der Waals surface area (Å²) in [5.74, 6) is -0.151. The zero-order chi connectivity index (χ0) is 23.3. The van der Waals surface area contributed by atoms with Crippen LogP contribution >= 0.6 is 0 Å². The lowest BCUT2D eigenvalue weighted by molar-refractivity contribution is -0.133. The van der Waals surface area contributed by atoms with Gasteiger partial charge in [-0.25, -0.2) is 13.2 Å². The Morgan fingerprint density at radius 3 is 2.31 bits per heavy atom. The molecule has 3 aliphatic heterocycles. The fourth-order valence-corrected chi connectivity index (χ4v) is 6.27. The van der Waals surface area contributed by atoms with E-state index in [1.165, 1.54) is 22.4 Å². The Morgan fingerprint density at radius 2 is 1.78 bits per heavy atom. The predicted octanol–water partition coefficient (Wildman–Crippen LogP) is 1.31. The predicted molar refractivity (Wildman–Crippen MR) is 116 cm³/mol. The maximum absolute atomic E-state index is 13.5. The lowest BCUT2D eigenvalue weighted by Crippen LogP contribution is -2.56. The Morgan fingerprint density at radius 1 is 1.09 bits per heavy atom. The first-order chi connectivity index (χ1) is 15.1. The van der Waals surface area contributed by atoms with Crippen molar-refractivity contribution in [2.24, 2.45) is 0 Å². The SMILES string of the molecule is COc1ccc(N2CCCC2=O)cc1S(=O)(=O)N1CCC2(CC1)NC(=O)N(C(C)C)C2=O. The minimum absolute atomic E-state index is 0.0151. The smallest absolute Gasteiger partial charge is 0.325 e. The molecule has 0 aromatic heterocycles. The summed E-state index contributed by atoms with van der Waals surface area (Å²) in [6.07, 6.45) is 1.54. The molecule has 32 heavy (non-hydrogen) atoms. The number of nitrogens with zero attached hydrogens (tertiary/aromatic N) is 3. The molecule has 3 fully saturated rings. The topological polar surface area (TPSA) is 116 Å². The highest BCUT2D eigenvalue weighted by Gasteiger charge is 2.54. The van der Waals surface area contributed by atoms with Crippen molar-refractivity contribution >= 4 is 33.6 Å². The second-order valence-corrected chi connectivity index (χ2v) is 10.6. The van der Waals surface area contributed by atoms with Gasteiger partial charge in [0.2, 0.25) is 15.9 Å². The number of hydrogen-bond acceptors (Lipinski definition) is 6. The summed E-state index contributed by atoms with van der Waals surface area (Å²) in [5, 5.41) is 2.78. The fourth-order valence-electron chi connectivity index (χ4n) is 4.65. The molecule has 0 unspecified atom stereocenters. The molecule has 3 saturated heterocycles. The van der Waals surface area contributed by atoms with Gasteiger partial charge >= 0.3 is 6.03 Å². The monoisotopic (exact) mass is 464 g/mol. The molecular formula is C21H28N4O6S. The van der Waals surface area contributed by atoms with Crippen molar-refractivity contribution in [2.75, 3.05) is 31.6 Å². The molecule has 4 rings (SSSR count). The van der Waals surface area contributed by atoms with E-state index >= 15 is 0 Å². The molecule has 0 radical (unpaired) electrons. The molecule has 1 N–H and O–H groups in total. The number of sulfonamides is 1. The van der Waals surface area contributed by atoms with Gasteiger partial charge in [-0.2, -0.15) is 4.31 Å². The van der Waals surface area contributed by atoms with Crippen molar-refractivity contribution in [1.29, 1.82) is 0 Å². The third-order valence-corrected chi connectivity index (χ3v) is 8.36. The number of anilines is 1. The molecule has 4 amide bonds. The molecule has 0 saturated carbocycles. The largest absolute Gasteiger partial charge is 0.495 e. The molecule has 0 atom stereocenters. The van der Waals surface area contributed by atoms with Crippen LogP contribution in [0.3, 0.4) is 0 Å². The van der Waals surface area contributed by atoms with Crippen LogP contribution < -0.4 is 15.0 Å². The first-order valence-electron chi connectivity index (χ1n) is 10.7. The van der Waals surface area contributed by atoms with E-state index in [-0.39, 0.29) is 54.4 Å². The maximum atomic E-state index is 13.5. The second-order valence-electron chi connectivity index (χ2n) is 8.67. The number of hydrogen-bond donors (Lipinski definition) is 1. The number of nitrogens with one attached hydrogen (secondary N) is 1. The van der Waals surface area contributed by atoms with E-state index in [2.05, 4.69) is 5.32 Å². The van der Waals surface area contributed by atoms with E-state index in [0.29, 0.717) is 18.7 Å². The van der Waals surface area contributed by atoms with Crippen molar-refractivity contribution in [1.82, 2.24) is 14.5 Å². The number of piperidine rings is 1. The van der Waals surface area contributed by atoms with Gasteiger partial charge in [0, 0.05) is 37.8 Å². The molecule has 1 aromatic rings. The Hall–Kier alpha value is -2.66. The van der Waals surface area contributed by atoms with Crippen LogP contribution in [0.1, 0.15) is 39.5 Å². The normalized spacial score (nSPS) is 21.7. The minimum atomic E-state index is -3.95. The molecular weight excluding hydrogens is 436 g/mol. The minimum Gasteiger partial charge on any atom is -0.495 e. The van der Waals surface area contributed by atoms with Crippen LogP contribution in [0.15, 0.2) is 23.1 Å². The summed E-state index contributed by atoms with van der Waals surface area (Å²) in [5.41, 5.74) is -0.549. The summed E-state index contributed by atoms with van der Waals surface area (Å²) < 4.78 is 33.6.